The highest BCUT2D eigenvalue weighted by Crippen LogP contribution is 2.20. The molecule has 2 heteroatoms. The number of rotatable bonds is 1. The monoisotopic (exact) mass is 216 g/mol. The van der Waals surface area contributed by atoms with Crippen molar-refractivity contribution < 1.29 is 0 Å². The predicted molar refractivity (Wildman–Crippen MR) is 49.2 cm³/mol. The molecular weight excluding hydrogens is 211 g/mol. The van der Waals surface area contributed by atoms with Crippen LogP contribution in [0, 0.1) is 0 Å². The Morgan fingerprint density at radius 1 is 1.30 bits per heavy atom. The van der Waals surface area contributed by atoms with E-state index in [2.05, 4.69) is 15.9 Å². The molecule has 0 amide bonds. The molecule has 0 aliphatic rings. The van der Waals surface area contributed by atoms with Gasteiger partial charge in [-0.1, -0.05) is 41.9 Å². The van der Waals surface area contributed by atoms with Crippen LogP contribution in [-0.4, -0.2) is 0 Å². The molecule has 0 unspecified atom stereocenters. The highest BCUT2D eigenvalue weighted by Gasteiger charge is 1.91. The van der Waals surface area contributed by atoms with Gasteiger partial charge in [0.1, 0.15) is 0 Å². The molecule has 1 aromatic rings. The fourth-order valence-electron chi connectivity index (χ4n) is 0.660. The Bertz CT molecular complexity index is 228. The van der Waals surface area contributed by atoms with Gasteiger partial charge in [0.25, 0.3) is 0 Å². The maximum atomic E-state index is 5.48. The normalized spacial score (nSPS) is 11.6. The fraction of sp³-hybridized carbons (Fsp3) is 0. The Balaban J connectivity index is 2.96. The summed E-state index contributed by atoms with van der Waals surface area (Å²) >= 11 is 8.79. The van der Waals surface area contributed by atoms with Crippen molar-refractivity contribution in [1.29, 1.82) is 0 Å². The smallest absolute Gasteiger partial charge is 0.0360 e. The topological polar surface area (TPSA) is 0 Å². The molecule has 0 radical (unpaired) electrons. The van der Waals surface area contributed by atoms with Gasteiger partial charge < -0.3 is 0 Å². The maximum absolute atomic E-state index is 5.48. The summed E-state index contributed by atoms with van der Waals surface area (Å²) in [5.41, 5.74) is 2.60. The van der Waals surface area contributed by atoms with E-state index in [1.807, 2.05) is 30.3 Å². The van der Waals surface area contributed by atoms with Gasteiger partial charge in [0, 0.05) is 10.0 Å². The summed E-state index contributed by atoms with van der Waals surface area (Å²) in [5, 5.41) is 0. The first-order chi connectivity index (χ1) is 4.84. The first-order valence-electron chi connectivity index (χ1n) is 2.86. The molecule has 0 bridgehead atoms. The minimum Gasteiger partial charge on any atom is -0.0917 e. The summed E-state index contributed by atoms with van der Waals surface area (Å²) in [5.74, 6) is 0. The summed E-state index contributed by atoms with van der Waals surface area (Å²) in [6.07, 6.45) is 0. The van der Waals surface area contributed by atoms with Gasteiger partial charge in [0.2, 0.25) is 0 Å². The molecule has 0 saturated heterocycles. The average molecular weight is 217 g/mol. The Morgan fingerprint density at radius 2 is 1.90 bits per heavy atom. The molecule has 0 fully saturated rings. The van der Waals surface area contributed by atoms with Gasteiger partial charge in [-0.05, 0) is 21.5 Å². The molecule has 0 aromatic heterocycles. The van der Waals surface area contributed by atoms with Crippen LogP contribution in [0.4, 0.5) is 0 Å². The van der Waals surface area contributed by atoms with Crippen LogP contribution in [-0.2, 0) is 0 Å². The highest BCUT2D eigenvalue weighted by atomic mass is 79.9. The number of hydrogen-bond donors (Lipinski definition) is 0. The zero-order valence-electron chi connectivity index (χ0n) is 5.22. The molecule has 0 saturated carbocycles. The molecule has 0 nitrogen and oxygen atoms in total. The van der Waals surface area contributed by atoms with E-state index in [1.165, 1.54) is 5.54 Å². The minimum absolute atomic E-state index is 0.912. The van der Waals surface area contributed by atoms with Gasteiger partial charge in [0.15, 0.2) is 0 Å². The largest absolute Gasteiger partial charge is 0.0917 e. The molecule has 0 aliphatic heterocycles. The first-order valence-corrected chi connectivity index (χ1v) is 4.09. The second kappa shape index (κ2) is 3.79. The summed E-state index contributed by atoms with van der Waals surface area (Å²) in [6, 6.07) is 9.89. The van der Waals surface area contributed by atoms with Crippen LogP contribution in [0.2, 0.25) is 0 Å². The molecule has 10 heavy (non-hydrogen) atoms. The van der Waals surface area contributed by atoms with E-state index in [4.69, 9.17) is 11.6 Å². The molecule has 1 rings (SSSR count). The lowest BCUT2D eigenvalue weighted by Gasteiger charge is -1.94. The van der Waals surface area contributed by atoms with Gasteiger partial charge in [-0.3, -0.25) is 0 Å². The van der Waals surface area contributed by atoms with Gasteiger partial charge in [-0.2, -0.15) is 0 Å². The lowest BCUT2D eigenvalue weighted by molar-refractivity contribution is 1.66. The van der Waals surface area contributed by atoms with E-state index in [1.54, 1.807) is 0 Å². The third kappa shape index (κ3) is 1.86. The molecule has 0 spiro atoms. The lowest BCUT2D eigenvalue weighted by atomic mass is 10.2. The summed E-state index contributed by atoms with van der Waals surface area (Å²) in [6.45, 7) is 0. The molecule has 0 N–H and O–H groups in total. The molecule has 0 heterocycles. The van der Waals surface area contributed by atoms with Crippen LogP contribution in [0.15, 0.2) is 35.9 Å². The van der Waals surface area contributed by atoms with Crippen molar-refractivity contribution in [1.82, 2.24) is 0 Å². The van der Waals surface area contributed by atoms with Gasteiger partial charge >= 0.3 is 0 Å². The van der Waals surface area contributed by atoms with Gasteiger partial charge in [-0.25, -0.2) is 0 Å². The van der Waals surface area contributed by atoms with Crippen LogP contribution in [0.5, 0.6) is 0 Å². The van der Waals surface area contributed by atoms with Crippen LogP contribution in [0.1, 0.15) is 5.56 Å². The summed E-state index contributed by atoms with van der Waals surface area (Å²) in [7, 11) is 0. The Morgan fingerprint density at radius 3 is 2.40 bits per heavy atom. The Kier molecular flexibility index (Phi) is 2.97. The van der Waals surface area contributed by atoms with E-state index in [0.29, 0.717) is 0 Å². The second-order valence-electron chi connectivity index (χ2n) is 1.82. The van der Waals surface area contributed by atoms with Crippen molar-refractivity contribution in [3.63, 3.8) is 0 Å². The number of benzene rings is 1. The lowest BCUT2D eigenvalue weighted by Crippen LogP contribution is -1.71. The number of halogens is 2. The van der Waals surface area contributed by atoms with Crippen molar-refractivity contribution >= 4 is 32.0 Å². The third-order valence-electron chi connectivity index (χ3n) is 1.15. The quantitative estimate of drug-likeness (QED) is 0.674. The van der Waals surface area contributed by atoms with E-state index in [9.17, 15) is 0 Å². The van der Waals surface area contributed by atoms with Crippen LogP contribution < -0.4 is 0 Å². The van der Waals surface area contributed by atoms with Crippen molar-refractivity contribution in [2.75, 3.05) is 0 Å². The van der Waals surface area contributed by atoms with Crippen molar-refractivity contribution in [2.24, 2.45) is 0 Å². The maximum Gasteiger partial charge on any atom is 0.0360 e. The van der Waals surface area contributed by atoms with Crippen molar-refractivity contribution in [3.8, 4) is 0 Å². The second-order valence-corrected chi connectivity index (χ2v) is 2.90. The fourth-order valence-corrected chi connectivity index (χ4v) is 1.05. The van der Waals surface area contributed by atoms with E-state index in [0.717, 1.165) is 10.0 Å². The zero-order chi connectivity index (χ0) is 7.40. The van der Waals surface area contributed by atoms with E-state index in [-0.39, 0.29) is 0 Å². The zero-order valence-corrected chi connectivity index (χ0v) is 7.56. The summed E-state index contributed by atoms with van der Waals surface area (Å²) in [4.78, 5) is 0. The molecule has 52 valence electrons. The predicted octanol–water partition coefficient (Wildman–Crippen LogP) is 3.62. The molecular formula is C8H6BrCl. The van der Waals surface area contributed by atoms with Gasteiger partial charge in [-0.15, -0.1) is 0 Å². The van der Waals surface area contributed by atoms with Crippen LogP contribution in [0.25, 0.3) is 4.48 Å². The van der Waals surface area contributed by atoms with Crippen molar-refractivity contribution in [3.05, 3.63) is 41.4 Å². The molecule has 0 atom stereocenters. The Labute approximate surface area is 73.6 Å². The SMILES string of the molecule is ClC=C(Br)c1ccccc1. The van der Waals surface area contributed by atoms with E-state index >= 15 is 0 Å². The summed E-state index contributed by atoms with van der Waals surface area (Å²) < 4.78 is 0.912. The molecule has 0 aliphatic carbocycles. The number of hydrogen-bond acceptors (Lipinski definition) is 0. The highest BCUT2D eigenvalue weighted by molar-refractivity contribution is 9.15. The average Bonchev–Trinajstić information content (AvgIpc) is 2.05. The van der Waals surface area contributed by atoms with Gasteiger partial charge in [0.05, 0.1) is 0 Å². The van der Waals surface area contributed by atoms with Crippen LogP contribution in [0.3, 0.4) is 0 Å². The standard InChI is InChI=1S/C8H6BrCl/c9-8(6-10)7-4-2-1-3-5-7/h1-6H. The van der Waals surface area contributed by atoms with Crippen LogP contribution >= 0.6 is 27.5 Å². The molecule has 1 aromatic carbocycles. The Hall–Kier alpha value is -0.270. The first kappa shape index (κ1) is 7.83. The van der Waals surface area contributed by atoms with Crippen molar-refractivity contribution in [2.45, 2.75) is 0 Å². The van der Waals surface area contributed by atoms with E-state index < -0.39 is 0 Å². The third-order valence-corrected chi connectivity index (χ3v) is 2.31. The minimum atomic E-state index is 0.912.